The van der Waals surface area contributed by atoms with Crippen molar-refractivity contribution in [2.24, 2.45) is 0 Å². The lowest BCUT2D eigenvalue weighted by atomic mass is 10.0. The van der Waals surface area contributed by atoms with Crippen molar-refractivity contribution in [3.8, 4) is 0 Å². The van der Waals surface area contributed by atoms with Crippen molar-refractivity contribution < 1.29 is 4.79 Å². The predicted octanol–water partition coefficient (Wildman–Crippen LogP) is 2.75. The van der Waals surface area contributed by atoms with Crippen molar-refractivity contribution in [1.82, 2.24) is 4.98 Å². The molecule has 2 nitrogen and oxygen atoms in total. The highest BCUT2D eigenvalue weighted by Crippen LogP contribution is 2.19. The largest absolute Gasteiger partial charge is 0.294 e. The van der Waals surface area contributed by atoms with Crippen LogP contribution in [0.4, 0.5) is 0 Å². The molecule has 0 radical (unpaired) electrons. The number of aryl methyl sites for hydroxylation is 1. The van der Waals surface area contributed by atoms with Gasteiger partial charge in [-0.1, -0.05) is 12.1 Å². The van der Waals surface area contributed by atoms with Crippen LogP contribution in [-0.2, 0) is 0 Å². The lowest BCUT2D eigenvalue weighted by Gasteiger charge is -2.03. The average molecular weight is 185 g/mol. The number of fused-ring (bicyclic) bond motifs is 1. The molecule has 2 rings (SSSR count). The van der Waals surface area contributed by atoms with Crippen molar-refractivity contribution in [3.05, 3.63) is 41.6 Å². The van der Waals surface area contributed by atoms with E-state index >= 15 is 0 Å². The fourth-order valence-electron chi connectivity index (χ4n) is 1.60. The SMILES string of the molecule is CC(=O)c1cccc2c(C)ccnc12. The molecule has 1 aromatic carbocycles. The van der Waals surface area contributed by atoms with Crippen LogP contribution in [0.25, 0.3) is 10.9 Å². The Labute approximate surface area is 82.6 Å². The summed E-state index contributed by atoms with van der Waals surface area (Å²) in [5.74, 6) is 0.0636. The van der Waals surface area contributed by atoms with E-state index in [1.54, 1.807) is 13.1 Å². The second-order valence-corrected chi connectivity index (χ2v) is 3.39. The highest BCUT2D eigenvalue weighted by molar-refractivity contribution is 6.05. The molecule has 0 aliphatic rings. The number of pyridine rings is 1. The molecule has 0 aliphatic carbocycles. The van der Waals surface area contributed by atoms with Gasteiger partial charge in [0.15, 0.2) is 5.78 Å². The summed E-state index contributed by atoms with van der Waals surface area (Å²) in [5, 5.41) is 1.06. The highest BCUT2D eigenvalue weighted by atomic mass is 16.1. The first-order valence-corrected chi connectivity index (χ1v) is 4.55. The topological polar surface area (TPSA) is 30.0 Å². The zero-order valence-electron chi connectivity index (χ0n) is 8.24. The Kier molecular flexibility index (Phi) is 2.04. The molecule has 0 saturated heterocycles. The summed E-state index contributed by atoms with van der Waals surface area (Å²) in [7, 11) is 0. The molecule has 2 aromatic rings. The summed E-state index contributed by atoms with van der Waals surface area (Å²) >= 11 is 0. The Bertz CT molecular complexity index is 503. The van der Waals surface area contributed by atoms with E-state index in [2.05, 4.69) is 4.98 Å². The minimum Gasteiger partial charge on any atom is -0.294 e. The number of rotatable bonds is 1. The number of carbonyl (C=O) groups is 1. The van der Waals surface area contributed by atoms with Crippen LogP contribution < -0.4 is 0 Å². The van der Waals surface area contributed by atoms with Gasteiger partial charge >= 0.3 is 0 Å². The monoisotopic (exact) mass is 185 g/mol. The van der Waals surface area contributed by atoms with Crippen molar-refractivity contribution in [3.63, 3.8) is 0 Å². The molecule has 1 aromatic heterocycles. The van der Waals surface area contributed by atoms with Gasteiger partial charge in [0.05, 0.1) is 5.52 Å². The first kappa shape index (κ1) is 8.88. The van der Waals surface area contributed by atoms with E-state index in [0.29, 0.717) is 5.56 Å². The molecule has 1 heterocycles. The number of para-hydroxylation sites is 1. The summed E-state index contributed by atoms with van der Waals surface area (Å²) in [6.07, 6.45) is 1.74. The normalized spacial score (nSPS) is 10.4. The minimum atomic E-state index is 0.0636. The molecule has 0 fully saturated rings. The van der Waals surface area contributed by atoms with Gasteiger partial charge in [-0.2, -0.15) is 0 Å². The maximum Gasteiger partial charge on any atom is 0.161 e. The van der Waals surface area contributed by atoms with Gasteiger partial charge in [-0.25, -0.2) is 0 Å². The van der Waals surface area contributed by atoms with Crippen LogP contribution in [0.2, 0.25) is 0 Å². The first-order valence-electron chi connectivity index (χ1n) is 4.55. The summed E-state index contributed by atoms with van der Waals surface area (Å²) in [5.41, 5.74) is 2.66. The minimum absolute atomic E-state index is 0.0636. The number of ketones is 1. The molecular weight excluding hydrogens is 174 g/mol. The lowest BCUT2D eigenvalue weighted by molar-refractivity contribution is 0.101. The van der Waals surface area contributed by atoms with Gasteiger partial charge in [0.2, 0.25) is 0 Å². The third-order valence-corrected chi connectivity index (χ3v) is 2.37. The van der Waals surface area contributed by atoms with Crippen LogP contribution in [0.15, 0.2) is 30.5 Å². The molecule has 70 valence electrons. The van der Waals surface area contributed by atoms with Crippen LogP contribution in [-0.4, -0.2) is 10.8 Å². The molecular formula is C12H11NO. The molecule has 0 aliphatic heterocycles. The maximum atomic E-state index is 11.3. The number of Topliss-reactive ketones (excluding diaryl/α,β-unsaturated/α-hetero) is 1. The first-order chi connectivity index (χ1) is 6.70. The van der Waals surface area contributed by atoms with Crippen LogP contribution in [0.1, 0.15) is 22.8 Å². The van der Waals surface area contributed by atoms with Crippen molar-refractivity contribution >= 4 is 16.7 Å². The Morgan fingerprint density at radius 2 is 2.07 bits per heavy atom. The van der Waals surface area contributed by atoms with E-state index in [1.165, 1.54) is 0 Å². The van der Waals surface area contributed by atoms with Crippen LogP contribution in [0.5, 0.6) is 0 Å². The number of hydrogen-bond donors (Lipinski definition) is 0. The standard InChI is InChI=1S/C12H11NO/c1-8-6-7-13-12-10(8)4-3-5-11(12)9(2)14/h3-7H,1-2H3. The number of nitrogens with zero attached hydrogens (tertiary/aromatic N) is 1. The van der Waals surface area contributed by atoms with Gasteiger partial charge in [0.25, 0.3) is 0 Å². The summed E-state index contributed by atoms with van der Waals surface area (Å²) in [4.78, 5) is 15.6. The molecule has 0 atom stereocenters. The molecule has 2 heteroatoms. The highest BCUT2D eigenvalue weighted by Gasteiger charge is 2.06. The molecule has 0 spiro atoms. The summed E-state index contributed by atoms with van der Waals surface area (Å²) in [6.45, 7) is 3.59. The van der Waals surface area contributed by atoms with E-state index in [4.69, 9.17) is 0 Å². The van der Waals surface area contributed by atoms with E-state index in [9.17, 15) is 4.79 Å². The second-order valence-electron chi connectivity index (χ2n) is 3.39. The third-order valence-electron chi connectivity index (χ3n) is 2.37. The Hall–Kier alpha value is -1.70. The van der Waals surface area contributed by atoms with Gasteiger partial charge in [0, 0.05) is 17.1 Å². The fraction of sp³-hybridized carbons (Fsp3) is 0.167. The predicted molar refractivity (Wildman–Crippen MR) is 56.5 cm³/mol. The molecule has 14 heavy (non-hydrogen) atoms. The Morgan fingerprint density at radius 1 is 1.29 bits per heavy atom. The van der Waals surface area contributed by atoms with E-state index in [0.717, 1.165) is 16.5 Å². The van der Waals surface area contributed by atoms with E-state index in [-0.39, 0.29) is 5.78 Å². The lowest BCUT2D eigenvalue weighted by Crippen LogP contribution is -1.95. The van der Waals surface area contributed by atoms with Crippen molar-refractivity contribution in [2.75, 3.05) is 0 Å². The van der Waals surface area contributed by atoms with E-state index in [1.807, 2.05) is 31.2 Å². The zero-order valence-corrected chi connectivity index (χ0v) is 8.24. The van der Waals surface area contributed by atoms with Crippen molar-refractivity contribution in [2.45, 2.75) is 13.8 Å². The third kappa shape index (κ3) is 1.29. The molecule has 0 amide bonds. The molecule has 0 bridgehead atoms. The van der Waals surface area contributed by atoms with Gasteiger partial charge in [-0.05, 0) is 31.5 Å². The Balaban J connectivity index is 2.88. The van der Waals surface area contributed by atoms with Crippen molar-refractivity contribution in [1.29, 1.82) is 0 Å². The number of aromatic nitrogens is 1. The zero-order chi connectivity index (χ0) is 10.1. The van der Waals surface area contributed by atoms with Gasteiger partial charge < -0.3 is 0 Å². The second kappa shape index (κ2) is 3.22. The quantitative estimate of drug-likeness (QED) is 0.639. The summed E-state index contributed by atoms with van der Waals surface area (Å²) < 4.78 is 0. The molecule has 0 saturated carbocycles. The van der Waals surface area contributed by atoms with Crippen LogP contribution >= 0.6 is 0 Å². The maximum absolute atomic E-state index is 11.3. The molecule has 0 unspecified atom stereocenters. The number of carbonyl (C=O) groups excluding carboxylic acids is 1. The Morgan fingerprint density at radius 3 is 2.79 bits per heavy atom. The van der Waals surface area contributed by atoms with E-state index < -0.39 is 0 Å². The van der Waals surface area contributed by atoms with Gasteiger partial charge in [-0.3, -0.25) is 9.78 Å². The van der Waals surface area contributed by atoms with Gasteiger partial charge in [-0.15, -0.1) is 0 Å². The van der Waals surface area contributed by atoms with Crippen LogP contribution in [0.3, 0.4) is 0 Å². The molecule has 0 N–H and O–H groups in total. The smallest absolute Gasteiger partial charge is 0.161 e. The fourth-order valence-corrected chi connectivity index (χ4v) is 1.60. The number of hydrogen-bond acceptors (Lipinski definition) is 2. The summed E-state index contributed by atoms with van der Waals surface area (Å²) in [6, 6.07) is 7.65. The number of benzene rings is 1. The average Bonchev–Trinajstić information content (AvgIpc) is 2.17. The van der Waals surface area contributed by atoms with Crippen LogP contribution in [0, 0.1) is 6.92 Å². The van der Waals surface area contributed by atoms with Gasteiger partial charge in [0.1, 0.15) is 0 Å².